The molecule has 2 N–H and O–H groups in total. The lowest BCUT2D eigenvalue weighted by Gasteiger charge is -1.93. The van der Waals surface area contributed by atoms with E-state index in [9.17, 15) is 9.59 Å². The Morgan fingerprint density at radius 2 is 1.72 bits per heavy atom. The van der Waals surface area contributed by atoms with Gasteiger partial charge in [-0.05, 0) is 0 Å². The zero-order valence-corrected chi connectivity index (χ0v) is 11.5. The molecule has 2 heterocycles. The summed E-state index contributed by atoms with van der Waals surface area (Å²) < 4.78 is 1.18. The minimum atomic E-state index is -0.427. The van der Waals surface area contributed by atoms with Crippen LogP contribution in [0.15, 0.2) is 9.59 Å². The Kier molecular flexibility index (Phi) is 6.78. The van der Waals surface area contributed by atoms with Crippen molar-refractivity contribution < 1.29 is 0 Å². The maximum absolute atomic E-state index is 11.3. The number of fused-ring (bicyclic) bond motifs is 1. The molecule has 18 heavy (non-hydrogen) atoms. The van der Waals surface area contributed by atoms with E-state index in [1.807, 2.05) is 13.8 Å². The third-order valence-corrected chi connectivity index (χ3v) is 1.78. The van der Waals surface area contributed by atoms with E-state index in [2.05, 4.69) is 28.8 Å². The van der Waals surface area contributed by atoms with Crippen LogP contribution in [0.25, 0.3) is 11.2 Å². The largest absolute Gasteiger partial charge is 0.327 e. The van der Waals surface area contributed by atoms with Crippen molar-refractivity contribution in [2.75, 3.05) is 0 Å². The van der Waals surface area contributed by atoms with Gasteiger partial charge in [0.15, 0.2) is 19.0 Å². The molecule has 0 saturated carbocycles. The van der Waals surface area contributed by atoms with Crippen LogP contribution in [0.4, 0.5) is 0 Å². The predicted octanol–water partition coefficient (Wildman–Crippen LogP) is 0.186. The van der Waals surface area contributed by atoms with Gasteiger partial charge in [-0.2, -0.15) is 0 Å². The number of H-pyrrole nitrogens is 2. The van der Waals surface area contributed by atoms with Gasteiger partial charge in [0.2, 0.25) is 0 Å². The molecular formula is C11H19BN4O2. The summed E-state index contributed by atoms with van der Waals surface area (Å²) >= 11 is 0. The Labute approximate surface area is 107 Å². The average molecular weight is 250 g/mol. The van der Waals surface area contributed by atoms with Crippen LogP contribution in [-0.2, 0) is 7.05 Å². The quantitative estimate of drug-likeness (QED) is 0.654. The van der Waals surface area contributed by atoms with Gasteiger partial charge in [0.25, 0.3) is 5.56 Å². The highest BCUT2D eigenvalue weighted by Gasteiger charge is 2.07. The number of aryl methyl sites for hydroxylation is 1. The number of nitrogens with one attached hydrogen (secondary N) is 2. The average Bonchev–Trinajstić information content (AvgIpc) is 2.58. The van der Waals surface area contributed by atoms with E-state index in [0.29, 0.717) is 0 Å². The van der Waals surface area contributed by atoms with Gasteiger partial charge in [0, 0.05) is 7.05 Å². The Bertz CT molecular complexity index is 597. The standard InChI is InChI=1S/C6H5BN4O2.C3H8.C2H6/c1-11-2-3(9-6(11)13)8-5(7)10-4(2)12;1-3-2;1-2/h1H3,(H2,8,9,10,12,13);3H2,1-2H3;1-2H3. The lowest BCUT2D eigenvalue weighted by Crippen LogP contribution is -2.24. The first-order valence-corrected chi connectivity index (χ1v) is 5.95. The Hall–Kier alpha value is -1.79. The van der Waals surface area contributed by atoms with Crippen molar-refractivity contribution >= 4 is 24.7 Å². The van der Waals surface area contributed by atoms with Crippen molar-refractivity contribution in [2.24, 2.45) is 7.05 Å². The van der Waals surface area contributed by atoms with Crippen molar-refractivity contribution in [3.63, 3.8) is 0 Å². The molecular weight excluding hydrogens is 231 g/mol. The first-order valence-electron chi connectivity index (χ1n) is 5.95. The zero-order valence-electron chi connectivity index (χ0n) is 11.5. The number of hydrogen-bond acceptors (Lipinski definition) is 3. The van der Waals surface area contributed by atoms with Gasteiger partial charge in [0.05, 0.1) is 5.72 Å². The van der Waals surface area contributed by atoms with Gasteiger partial charge in [-0.3, -0.25) is 14.3 Å². The molecule has 2 rings (SSSR count). The van der Waals surface area contributed by atoms with Gasteiger partial charge in [-0.1, -0.05) is 34.1 Å². The molecule has 98 valence electrons. The molecule has 0 aliphatic carbocycles. The summed E-state index contributed by atoms with van der Waals surface area (Å²) in [5.74, 6) is 0. The van der Waals surface area contributed by atoms with Crippen LogP contribution < -0.4 is 17.0 Å². The third kappa shape index (κ3) is 3.61. The van der Waals surface area contributed by atoms with Crippen LogP contribution in [0.2, 0.25) is 0 Å². The van der Waals surface area contributed by atoms with E-state index in [0.717, 1.165) is 0 Å². The highest BCUT2D eigenvalue weighted by Crippen LogP contribution is 1.94. The van der Waals surface area contributed by atoms with Crippen molar-refractivity contribution in [3.8, 4) is 0 Å². The third-order valence-electron chi connectivity index (χ3n) is 1.78. The van der Waals surface area contributed by atoms with Crippen LogP contribution in [0.5, 0.6) is 0 Å². The number of rotatable bonds is 0. The van der Waals surface area contributed by atoms with Gasteiger partial charge < -0.3 is 4.98 Å². The molecule has 0 bridgehead atoms. The summed E-state index contributed by atoms with van der Waals surface area (Å²) in [6.45, 7) is 8.25. The fraction of sp³-hybridized carbons (Fsp3) is 0.545. The molecule has 6 nitrogen and oxygen atoms in total. The van der Waals surface area contributed by atoms with E-state index >= 15 is 0 Å². The number of nitrogens with zero attached hydrogens (tertiary/aromatic N) is 2. The molecule has 2 aromatic heterocycles. The first-order chi connectivity index (χ1) is 8.51. The first kappa shape index (κ1) is 16.2. The number of aromatic nitrogens is 4. The molecule has 7 heteroatoms. The number of imidazole rings is 1. The lowest BCUT2D eigenvalue weighted by molar-refractivity contribution is 0.886. The smallest absolute Gasteiger partial charge is 0.318 e. The molecule has 0 unspecified atom stereocenters. The van der Waals surface area contributed by atoms with Crippen LogP contribution in [0.1, 0.15) is 34.1 Å². The van der Waals surface area contributed by atoms with Crippen LogP contribution in [-0.4, -0.2) is 27.4 Å². The summed E-state index contributed by atoms with van der Waals surface area (Å²) in [7, 11) is 6.77. The van der Waals surface area contributed by atoms with E-state index in [1.54, 1.807) is 0 Å². The van der Waals surface area contributed by atoms with Crippen LogP contribution in [0, 0.1) is 0 Å². The number of aromatic amines is 2. The molecule has 0 atom stereocenters. The second kappa shape index (κ2) is 7.52. The second-order valence-corrected chi connectivity index (χ2v) is 3.34. The van der Waals surface area contributed by atoms with E-state index in [1.165, 1.54) is 18.0 Å². The SMILES string of the molecule is CC.CCC.[B]c1nc2[nH]c(=O)n(C)c2c(=O)[nH]1. The maximum Gasteiger partial charge on any atom is 0.327 e. The normalized spacial score (nSPS) is 9.17. The fourth-order valence-electron chi connectivity index (χ4n) is 1.17. The molecule has 0 saturated heterocycles. The predicted molar refractivity (Wildman–Crippen MR) is 74.7 cm³/mol. The number of hydrogen-bond donors (Lipinski definition) is 2. The van der Waals surface area contributed by atoms with E-state index in [-0.39, 0.29) is 16.9 Å². The molecule has 0 aromatic carbocycles. The minimum absolute atomic E-state index is 0.0145. The van der Waals surface area contributed by atoms with E-state index in [4.69, 9.17) is 7.85 Å². The van der Waals surface area contributed by atoms with Crippen molar-refractivity contribution in [1.82, 2.24) is 19.5 Å². The summed E-state index contributed by atoms with van der Waals surface area (Å²) in [5.41, 5.74) is -0.436. The Morgan fingerprint density at radius 3 is 2.22 bits per heavy atom. The van der Waals surface area contributed by atoms with Crippen molar-refractivity contribution in [3.05, 3.63) is 20.8 Å². The van der Waals surface area contributed by atoms with Gasteiger partial charge in [-0.15, -0.1) is 0 Å². The van der Waals surface area contributed by atoms with Crippen LogP contribution >= 0.6 is 0 Å². The van der Waals surface area contributed by atoms with E-state index < -0.39 is 11.2 Å². The molecule has 2 aromatic rings. The summed E-state index contributed by atoms with van der Waals surface area (Å²) in [4.78, 5) is 30.8. The second-order valence-electron chi connectivity index (χ2n) is 3.34. The molecule has 0 spiro atoms. The Balaban J connectivity index is 0.000000509. The molecule has 0 aliphatic heterocycles. The highest BCUT2D eigenvalue weighted by molar-refractivity contribution is 6.29. The molecule has 0 fully saturated rings. The summed E-state index contributed by atoms with van der Waals surface area (Å²) in [6, 6.07) is 0. The zero-order chi connectivity index (χ0) is 14.3. The van der Waals surface area contributed by atoms with Crippen molar-refractivity contribution in [2.45, 2.75) is 34.1 Å². The van der Waals surface area contributed by atoms with Crippen LogP contribution in [0.3, 0.4) is 0 Å². The highest BCUT2D eigenvalue weighted by atomic mass is 16.2. The fourth-order valence-corrected chi connectivity index (χ4v) is 1.17. The van der Waals surface area contributed by atoms with Gasteiger partial charge >= 0.3 is 5.69 Å². The molecule has 0 aliphatic rings. The van der Waals surface area contributed by atoms with Gasteiger partial charge in [-0.25, -0.2) is 9.78 Å². The Morgan fingerprint density at radius 1 is 1.22 bits per heavy atom. The van der Waals surface area contributed by atoms with Gasteiger partial charge in [0.1, 0.15) is 0 Å². The van der Waals surface area contributed by atoms with Crippen molar-refractivity contribution in [1.29, 1.82) is 0 Å². The topological polar surface area (TPSA) is 83.5 Å². The maximum atomic E-state index is 11.3. The monoisotopic (exact) mass is 250 g/mol. The summed E-state index contributed by atoms with van der Waals surface area (Å²) in [6.07, 6.45) is 1.25. The molecule has 2 radical (unpaired) electrons. The summed E-state index contributed by atoms with van der Waals surface area (Å²) in [5, 5.41) is 0. The molecule has 0 amide bonds. The lowest BCUT2D eigenvalue weighted by atomic mass is 10.1. The minimum Gasteiger partial charge on any atom is -0.318 e.